The number of rotatable bonds is 5. The van der Waals surface area contributed by atoms with Crippen LogP contribution < -0.4 is 9.75 Å². The maximum atomic E-state index is 14.3. The van der Waals surface area contributed by atoms with Gasteiger partial charge in [0.25, 0.3) is 5.91 Å². The number of hydrogen-bond donors (Lipinski definition) is 0. The molecular weight excluding hydrogens is 533 g/mol. The molecule has 4 nitrogen and oxygen atoms in total. The van der Waals surface area contributed by atoms with E-state index in [1.807, 2.05) is 0 Å². The summed E-state index contributed by atoms with van der Waals surface area (Å²) < 4.78 is 88.3. The normalized spacial score (nSPS) is 14.6. The molecule has 186 valence electrons. The highest BCUT2D eigenvalue weighted by Crippen LogP contribution is 2.37. The maximum Gasteiger partial charge on any atom is 0.280 e. The topological polar surface area (TPSA) is 41.9 Å². The van der Waals surface area contributed by atoms with Crippen molar-refractivity contribution in [3.63, 3.8) is 0 Å². The maximum absolute atomic E-state index is 14.3. The molecule has 0 spiro atoms. The van der Waals surface area contributed by atoms with Crippen molar-refractivity contribution in [1.82, 2.24) is 0 Å². The van der Waals surface area contributed by atoms with Crippen molar-refractivity contribution in [2.24, 2.45) is 5.10 Å². The number of nitrogens with zero attached hydrogens (tertiary/aromatic N) is 2. The van der Waals surface area contributed by atoms with Gasteiger partial charge in [-0.25, -0.2) is 26.3 Å². The molecule has 1 aliphatic heterocycles. The zero-order valence-electron chi connectivity index (χ0n) is 18.0. The summed E-state index contributed by atoms with van der Waals surface area (Å²) in [6.07, 6.45) is 1.20. The van der Waals surface area contributed by atoms with Gasteiger partial charge in [-0.05, 0) is 42.8 Å². The second kappa shape index (κ2) is 9.87. The van der Waals surface area contributed by atoms with E-state index in [4.69, 9.17) is 27.9 Å². The molecule has 0 fully saturated rings. The molecule has 3 aromatic carbocycles. The standard InChI is InChI=1S/C24H12Cl2F6N2O2/c1-10-15(24(35)34(33-10)22-20(31)18(29)17(28)19(30)21(22)32)7-12-6-13(25)8-16(26)23(12)36-9-11-2-4-14(27)5-3-11/h2-8H,9H2,1H3/b15-7-. The third-order valence-corrected chi connectivity index (χ3v) is 5.59. The first-order valence-electron chi connectivity index (χ1n) is 9.99. The number of hydrazone groups is 1. The van der Waals surface area contributed by atoms with Crippen molar-refractivity contribution in [3.8, 4) is 5.75 Å². The van der Waals surface area contributed by atoms with E-state index in [1.54, 1.807) is 0 Å². The fraction of sp³-hybridized carbons (Fsp3) is 0.0833. The summed E-state index contributed by atoms with van der Waals surface area (Å²) in [5.74, 6) is -12.8. The molecule has 0 atom stereocenters. The third kappa shape index (κ3) is 4.66. The number of carbonyl (C=O) groups excluding carboxylic acids is 1. The quantitative estimate of drug-likeness (QED) is 0.147. The molecule has 36 heavy (non-hydrogen) atoms. The molecule has 1 heterocycles. The van der Waals surface area contributed by atoms with Crippen LogP contribution in [0, 0.1) is 34.9 Å². The Morgan fingerprint density at radius 3 is 2.11 bits per heavy atom. The first kappa shape index (κ1) is 25.6. The van der Waals surface area contributed by atoms with Crippen LogP contribution in [0.15, 0.2) is 47.1 Å². The zero-order valence-corrected chi connectivity index (χ0v) is 19.5. The molecule has 0 N–H and O–H groups in total. The first-order chi connectivity index (χ1) is 17.0. The van der Waals surface area contributed by atoms with Crippen molar-refractivity contribution in [2.75, 3.05) is 5.01 Å². The van der Waals surface area contributed by atoms with E-state index in [1.165, 1.54) is 49.4 Å². The van der Waals surface area contributed by atoms with Gasteiger partial charge in [0.05, 0.1) is 16.3 Å². The van der Waals surface area contributed by atoms with Crippen LogP contribution in [0.25, 0.3) is 6.08 Å². The predicted octanol–water partition coefficient (Wildman–Crippen LogP) is 7.21. The van der Waals surface area contributed by atoms with Gasteiger partial charge in [0.2, 0.25) is 5.82 Å². The molecule has 1 aliphatic rings. The Bertz CT molecular complexity index is 1430. The van der Waals surface area contributed by atoms with E-state index in [0.717, 1.165) is 0 Å². The third-order valence-electron chi connectivity index (χ3n) is 5.09. The molecule has 0 aromatic heterocycles. The summed E-state index contributed by atoms with van der Waals surface area (Å²) in [5.41, 5.74) is -1.11. The molecule has 0 radical (unpaired) electrons. The average molecular weight is 545 g/mol. The molecule has 0 aliphatic carbocycles. The Labute approximate surface area is 210 Å². The van der Waals surface area contributed by atoms with Gasteiger partial charge in [-0.1, -0.05) is 35.3 Å². The number of halogens is 8. The highest BCUT2D eigenvalue weighted by Gasteiger charge is 2.37. The Morgan fingerprint density at radius 1 is 0.917 bits per heavy atom. The number of benzene rings is 3. The fourth-order valence-electron chi connectivity index (χ4n) is 3.35. The van der Waals surface area contributed by atoms with Crippen LogP contribution in [0.5, 0.6) is 5.75 Å². The van der Waals surface area contributed by atoms with Gasteiger partial charge >= 0.3 is 0 Å². The minimum Gasteiger partial charge on any atom is -0.487 e. The number of carbonyl (C=O) groups is 1. The fourth-order valence-corrected chi connectivity index (χ4v) is 3.91. The van der Waals surface area contributed by atoms with Crippen LogP contribution in [0.2, 0.25) is 10.0 Å². The monoisotopic (exact) mass is 544 g/mol. The summed E-state index contributed by atoms with van der Waals surface area (Å²) in [6, 6.07) is 8.17. The number of hydrogen-bond acceptors (Lipinski definition) is 3. The molecule has 0 saturated heterocycles. The van der Waals surface area contributed by atoms with Gasteiger partial charge < -0.3 is 4.74 Å². The smallest absolute Gasteiger partial charge is 0.280 e. The lowest BCUT2D eigenvalue weighted by Gasteiger charge is -2.15. The number of anilines is 1. The molecular formula is C24H12Cl2F6N2O2. The number of ether oxygens (including phenoxy) is 1. The van der Waals surface area contributed by atoms with Gasteiger partial charge in [0, 0.05) is 10.6 Å². The summed E-state index contributed by atoms with van der Waals surface area (Å²) in [4.78, 5) is 13.0. The lowest BCUT2D eigenvalue weighted by atomic mass is 10.1. The van der Waals surface area contributed by atoms with E-state index in [0.29, 0.717) is 5.56 Å². The van der Waals surface area contributed by atoms with Crippen LogP contribution in [0.4, 0.5) is 32.0 Å². The Morgan fingerprint density at radius 2 is 1.50 bits per heavy atom. The summed E-state index contributed by atoms with van der Waals surface area (Å²) in [6.45, 7) is 1.25. The SMILES string of the molecule is CC1=NN(c2c(F)c(F)c(F)c(F)c2F)C(=O)/C1=C\c1cc(Cl)cc(Cl)c1OCc1ccc(F)cc1. The van der Waals surface area contributed by atoms with Crippen LogP contribution in [0.3, 0.4) is 0 Å². The van der Waals surface area contributed by atoms with E-state index in [-0.39, 0.29) is 44.3 Å². The largest absolute Gasteiger partial charge is 0.487 e. The van der Waals surface area contributed by atoms with Gasteiger partial charge in [-0.15, -0.1) is 0 Å². The van der Waals surface area contributed by atoms with E-state index >= 15 is 0 Å². The molecule has 4 rings (SSSR count). The molecule has 0 unspecified atom stereocenters. The lowest BCUT2D eigenvalue weighted by molar-refractivity contribution is -0.114. The Kier molecular flexibility index (Phi) is 7.01. The second-order valence-corrected chi connectivity index (χ2v) is 8.34. The Hall–Kier alpha value is -3.50. The van der Waals surface area contributed by atoms with E-state index in [9.17, 15) is 31.1 Å². The van der Waals surface area contributed by atoms with Crippen molar-refractivity contribution in [1.29, 1.82) is 0 Å². The summed E-state index contributed by atoms with van der Waals surface area (Å²) in [7, 11) is 0. The average Bonchev–Trinajstić information content (AvgIpc) is 3.10. The van der Waals surface area contributed by atoms with Crippen molar-refractivity contribution in [3.05, 3.63) is 98.0 Å². The molecule has 0 bridgehead atoms. The van der Waals surface area contributed by atoms with Gasteiger partial charge in [0.1, 0.15) is 23.9 Å². The van der Waals surface area contributed by atoms with Gasteiger partial charge in [0.15, 0.2) is 23.3 Å². The summed E-state index contributed by atoms with van der Waals surface area (Å²) >= 11 is 12.3. The molecule has 1 amide bonds. The first-order valence-corrected chi connectivity index (χ1v) is 10.7. The van der Waals surface area contributed by atoms with Crippen LogP contribution >= 0.6 is 23.2 Å². The predicted molar refractivity (Wildman–Crippen MR) is 122 cm³/mol. The van der Waals surface area contributed by atoms with Gasteiger partial charge in [-0.2, -0.15) is 10.1 Å². The van der Waals surface area contributed by atoms with Crippen LogP contribution in [-0.4, -0.2) is 11.6 Å². The lowest BCUT2D eigenvalue weighted by Crippen LogP contribution is -2.25. The van der Waals surface area contributed by atoms with E-state index < -0.39 is 46.5 Å². The van der Waals surface area contributed by atoms with Crippen molar-refractivity contribution < 1.29 is 35.9 Å². The zero-order chi connectivity index (χ0) is 26.3. The van der Waals surface area contributed by atoms with E-state index in [2.05, 4.69) is 5.10 Å². The summed E-state index contributed by atoms with van der Waals surface area (Å²) in [5, 5.41) is 3.97. The van der Waals surface area contributed by atoms with Crippen LogP contribution in [-0.2, 0) is 11.4 Å². The van der Waals surface area contributed by atoms with Crippen molar-refractivity contribution in [2.45, 2.75) is 13.5 Å². The minimum absolute atomic E-state index is 0.0461. The highest BCUT2D eigenvalue weighted by atomic mass is 35.5. The highest BCUT2D eigenvalue weighted by molar-refractivity contribution is 6.36. The second-order valence-electron chi connectivity index (χ2n) is 7.50. The van der Waals surface area contributed by atoms with Gasteiger partial charge in [-0.3, -0.25) is 4.79 Å². The van der Waals surface area contributed by atoms with Crippen molar-refractivity contribution >= 4 is 46.6 Å². The number of amides is 1. The molecule has 0 saturated carbocycles. The molecule has 12 heteroatoms. The minimum atomic E-state index is -2.37. The molecule has 3 aromatic rings. The Balaban J connectivity index is 1.73. The van der Waals surface area contributed by atoms with Crippen LogP contribution in [0.1, 0.15) is 18.1 Å².